The van der Waals surface area contributed by atoms with E-state index in [4.69, 9.17) is 0 Å². The van der Waals surface area contributed by atoms with E-state index in [9.17, 15) is 0 Å². The smallest absolute Gasteiger partial charge is 0.170 e. The molecule has 0 heterocycles. The topological polar surface area (TPSA) is 3.01 Å². The minimum Gasteiger partial charge on any atom is -0.241 e. The Labute approximate surface area is 68.0 Å². The second-order valence-corrected chi connectivity index (χ2v) is 3.00. The third-order valence-corrected chi connectivity index (χ3v) is 1.48. The molecule has 0 aromatic heterocycles. The van der Waals surface area contributed by atoms with Crippen LogP contribution in [-0.4, -0.2) is 24.9 Å². The molecule has 1 nitrogen and oxygen atoms in total. The monoisotopic (exact) mass is 148 g/mol. The zero-order valence-corrected chi connectivity index (χ0v) is 7.33. The summed E-state index contributed by atoms with van der Waals surface area (Å²) in [4.78, 5) is 0. The van der Waals surface area contributed by atoms with Crippen molar-refractivity contribution in [3.05, 3.63) is 35.4 Å². The summed E-state index contributed by atoms with van der Waals surface area (Å²) in [5, 5.41) is 0. The van der Waals surface area contributed by atoms with E-state index in [1.54, 1.807) is 0 Å². The van der Waals surface area contributed by atoms with Crippen molar-refractivity contribution in [3.8, 4) is 0 Å². The van der Waals surface area contributed by atoms with Gasteiger partial charge in [0.1, 0.15) is 14.1 Å². The SMILES string of the molecule is Cc1ccc(C=[N+](C)C)cc1. The molecule has 1 rings (SSSR count). The van der Waals surface area contributed by atoms with Crippen LogP contribution < -0.4 is 0 Å². The fourth-order valence-electron chi connectivity index (χ4n) is 0.951. The zero-order valence-electron chi connectivity index (χ0n) is 7.33. The molecule has 58 valence electrons. The van der Waals surface area contributed by atoms with Crippen LogP contribution >= 0.6 is 0 Å². The van der Waals surface area contributed by atoms with Gasteiger partial charge in [0.15, 0.2) is 6.21 Å². The van der Waals surface area contributed by atoms with Crippen molar-refractivity contribution in [2.75, 3.05) is 14.1 Å². The largest absolute Gasteiger partial charge is 0.241 e. The van der Waals surface area contributed by atoms with Crippen LogP contribution in [0.4, 0.5) is 0 Å². The van der Waals surface area contributed by atoms with Crippen molar-refractivity contribution in [2.45, 2.75) is 6.92 Å². The third-order valence-electron chi connectivity index (χ3n) is 1.48. The first-order chi connectivity index (χ1) is 5.18. The van der Waals surface area contributed by atoms with Crippen molar-refractivity contribution in [1.82, 2.24) is 0 Å². The van der Waals surface area contributed by atoms with Crippen molar-refractivity contribution in [2.24, 2.45) is 0 Å². The van der Waals surface area contributed by atoms with Gasteiger partial charge in [-0.25, -0.2) is 4.58 Å². The lowest BCUT2D eigenvalue weighted by Crippen LogP contribution is -1.99. The molecule has 0 aliphatic heterocycles. The molecular formula is C10H14N+. The molecule has 0 saturated heterocycles. The number of nitrogens with zero attached hydrogens (tertiary/aromatic N) is 1. The Hall–Kier alpha value is -1.11. The minimum absolute atomic E-state index is 1.25. The Morgan fingerprint density at radius 1 is 1.09 bits per heavy atom. The molecule has 0 fully saturated rings. The van der Waals surface area contributed by atoms with Crippen LogP contribution in [-0.2, 0) is 0 Å². The number of rotatable bonds is 1. The Balaban J connectivity index is 2.91. The number of benzene rings is 1. The Morgan fingerprint density at radius 3 is 2.09 bits per heavy atom. The normalized spacial score (nSPS) is 9.36. The van der Waals surface area contributed by atoms with Crippen LogP contribution in [0.25, 0.3) is 0 Å². The molecule has 0 amide bonds. The summed E-state index contributed by atoms with van der Waals surface area (Å²) in [7, 11) is 4.06. The molecule has 0 saturated carbocycles. The first-order valence-corrected chi connectivity index (χ1v) is 3.76. The molecule has 0 radical (unpaired) electrons. The maximum Gasteiger partial charge on any atom is 0.170 e. The summed E-state index contributed by atoms with van der Waals surface area (Å²) < 4.78 is 2.05. The summed E-state index contributed by atoms with van der Waals surface area (Å²) in [5.41, 5.74) is 2.56. The second kappa shape index (κ2) is 3.33. The van der Waals surface area contributed by atoms with E-state index in [1.165, 1.54) is 11.1 Å². The third kappa shape index (κ3) is 2.54. The standard InChI is InChI=1S/C10H14N/c1-9-4-6-10(7-5-9)8-11(2)3/h4-8H,1-3H3/q+1. The van der Waals surface area contributed by atoms with Gasteiger partial charge in [-0.2, -0.15) is 0 Å². The highest BCUT2D eigenvalue weighted by Gasteiger charge is 1.90. The molecule has 0 unspecified atom stereocenters. The Bertz CT molecular complexity index is 253. The highest BCUT2D eigenvalue weighted by molar-refractivity contribution is 5.75. The summed E-state index contributed by atoms with van der Waals surface area (Å²) in [6.07, 6.45) is 2.10. The van der Waals surface area contributed by atoms with Crippen LogP contribution in [0.15, 0.2) is 24.3 Å². The lowest BCUT2D eigenvalue weighted by atomic mass is 10.2. The van der Waals surface area contributed by atoms with Gasteiger partial charge in [-0.3, -0.25) is 0 Å². The zero-order chi connectivity index (χ0) is 8.27. The highest BCUT2D eigenvalue weighted by Crippen LogP contribution is 1.99. The molecule has 1 aromatic rings. The summed E-state index contributed by atoms with van der Waals surface area (Å²) in [6, 6.07) is 8.48. The van der Waals surface area contributed by atoms with Gasteiger partial charge in [0, 0.05) is 5.56 Å². The number of hydrogen-bond acceptors (Lipinski definition) is 0. The summed E-state index contributed by atoms with van der Waals surface area (Å²) in [6.45, 7) is 2.10. The van der Waals surface area contributed by atoms with Crippen LogP contribution in [0, 0.1) is 6.92 Å². The van der Waals surface area contributed by atoms with E-state index >= 15 is 0 Å². The van der Waals surface area contributed by atoms with E-state index in [-0.39, 0.29) is 0 Å². The van der Waals surface area contributed by atoms with Crippen molar-refractivity contribution < 1.29 is 4.58 Å². The summed E-state index contributed by atoms with van der Waals surface area (Å²) >= 11 is 0. The first-order valence-electron chi connectivity index (χ1n) is 3.76. The molecule has 0 atom stereocenters. The van der Waals surface area contributed by atoms with E-state index in [2.05, 4.69) is 37.4 Å². The van der Waals surface area contributed by atoms with E-state index in [0.717, 1.165) is 0 Å². The summed E-state index contributed by atoms with van der Waals surface area (Å²) in [5.74, 6) is 0. The number of hydrogen-bond donors (Lipinski definition) is 0. The van der Waals surface area contributed by atoms with Gasteiger partial charge in [0.05, 0.1) is 0 Å². The predicted molar refractivity (Wildman–Crippen MR) is 48.5 cm³/mol. The number of aryl methyl sites for hydroxylation is 1. The lowest BCUT2D eigenvalue weighted by Gasteiger charge is -1.91. The Kier molecular flexibility index (Phi) is 2.42. The van der Waals surface area contributed by atoms with Gasteiger partial charge in [0.25, 0.3) is 0 Å². The molecule has 0 aliphatic rings. The van der Waals surface area contributed by atoms with Gasteiger partial charge in [-0.1, -0.05) is 17.7 Å². The molecule has 0 aliphatic carbocycles. The van der Waals surface area contributed by atoms with Crippen molar-refractivity contribution >= 4 is 6.21 Å². The molecule has 1 aromatic carbocycles. The average Bonchev–Trinajstić information content (AvgIpc) is 1.93. The van der Waals surface area contributed by atoms with Crippen molar-refractivity contribution in [3.63, 3.8) is 0 Å². The molecule has 0 spiro atoms. The van der Waals surface area contributed by atoms with E-state index < -0.39 is 0 Å². The van der Waals surface area contributed by atoms with E-state index in [1.807, 2.05) is 18.7 Å². The average molecular weight is 148 g/mol. The fourth-order valence-corrected chi connectivity index (χ4v) is 0.951. The highest BCUT2D eigenvalue weighted by atomic mass is 14.9. The van der Waals surface area contributed by atoms with Crippen LogP contribution in [0.3, 0.4) is 0 Å². The first kappa shape index (κ1) is 7.99. The lowest BCUT2D eigenvalue weighted by molar-refractivity contribution is -0.458. The molecular weight excluding hydrogens is 134 g/mol. The maximum atomic E-state index is 2.12. The van der Waals surface area contributed by atoms with Gasteiger partial charge < -0.3 is 0 Å². The van der Waals surface area contributed by atoms with Crippen LogP contribution in [0.5, 0.6) is 0 Å². The molecule has 1 heteroatoms. The van der Waals surface area contributed by atoms with Gasteiger partial charge in [0.2, 0.25) is 0 Å². The van der Waals surface area contributed by atoms with E-state index in [0.29, 0.717) is 0 Å². The molecule has 0 bridgehead atoms. The Morgan fingerprint density at radius 2 is 1.64 bits per heavy atom. The maximum absolute atomic E-state index is 2.12. The molecule has 0 N–H and O–H groups in total. The quantitative estimate of drug-likeness (QED) is 0.421. The van der Waals surface area contributed by atoms with Gasteiger partial charge in [-0.05, 0) is 19.1 Å². The molecule has 11 heavy (non-hydrogen) atoms. The predicted octanol–water partition coefficient (Wildman–Crippen LogP) is 1.69. The fraction of sp³-hybridized carbons (Fsp3) is 0.300. The van der Waals surface area contributed by atoms with Crippen molar-refractivity contribution in [1.29, 1.82) is 0 Å². The minimum atomic E-state index is 1.25. The second-order valence-electron chi connectivity index (χ2n) is 3.00. The van der Waals surface area contributed by atoms with Gasteiger partial charge in [-0.15, -0.1) is 0 Å². The van der Waals surface area contributed by atoms with Crippen LogP contribution in [0.1, 0.15) is 11.1 Å². The van der Waals surface area contributed by atoms with Crippen LogP contribution in [0.2, 0.25) is 0 Å². The van der Waals surface area contributed by atoms with Gasteiger partial charge >= 0.3 is 0 Å².